The van der Waals surface area contributed by atoms with Gasteiger partial charge in [-0.05, 0) is 54.8 Å². The van der Waals surface area contributed by atoms with Crippen LogP contribution in [-0.4, -0.2) is 73.4 Å². The summed E-state index contributed by atoms with van der Waals surface area (Å²) >= 11 is 0. The normalized spacial score (nSPS) is 15.9. The Bertz CT molecular complexity index is 1460. The smallest absolute Gasteiger partial charge is 0.416 e. The molecule has 1 heterocycles. The van der Waals surface area contributed by atoms with Crippen molar-refractivity contribution >= 4 is 23.6 Å². The van der Waals surface area contributed by atoms with Crippen LogP contribution >= 0.6 is 0 Å². The summed E-state index contributed by atoms with van der Waals surface area (Å²) in [6.45, 7) is 3.00. The summed E-state index contributed by atoms with van der Waals surface area (Å²) in [4.78, 5) is 28.1. The molecule has 0 spiro atoms. The number of allylic oxidation sites excluding steroid dienone is 1. The Morgan fingerprint density at radius 3 is 2.42 bits per heavy atom. The molecule has 230 valence electrons. The molecular formula is C30H36F3N6O4+. The zero-order valence-corrected chi connectivity index (χ0v) is 24.5. The quantitative estimate of drug-likeness (QED) is 0.274. The highest BCUT2D eigenvalue weighted by Crippen LogP contribution is 2.42. The number of quaternary nitrogens is 1. The number of nitrogens with zero attached hydrogens (tertiary/aromatic N) is 4. The minimum atomic E-state index is -4.68. The Balaban J connectivity index is 2.20. The van der Waals surface area contributed by atoms with Gasteiger partial charge in [0.1, 0.15) is 6.04 Å². The van der Waals surface area contributed by atoms with E-state index < -0.39 is 35.7 Å². The van der Waals surface area contributed by atoms with Crippen molar-refractivity contribution in [2.45, 2.75) is 38.4 Å². The maximum absolute atomic E-state index is 13.5. The molecule has 1 aliphatic rings. The highest BCUT2D eigenvalue weighted by atomic mass is 19.4. The van der Waals surface area contributed by atoms with Gasteiger partial charge in [-0.15, -0.1) is 0 Å². The van der Waals surface area contributed by atoms with Crippen LogP contribution in [0.2, 0.25) is 0 Å². The zero-order chi connectivity index (χ0) is 32.1. The number of nitrogens with two attached hydrogens (primary N) is 1. The average Bonchev–Trinajstić information content (AvgIpc) is 2.94. The van der Waals surface area contributed by atoms with Crippen molar-refractivity contribution in [3.8, 4) is 6.07 Å². The van der Waals surface area contributed by atoms with Gasteiger partial charge in [0.15, 0.2) is 0 Å². The number of aliphatic hydroxyl groups excluding tert-OH is 1. The van der Waals surface area contributed by atoms with E-state index in [1.165, 1.54) is 19.1 Å². The van der Waals surface area contributed by atoms with E-state index in [2.05, 4.69) is 6.07 Å². The molecule has 0 saturated heterocycles. The van der Waals surface area contributed by atoms with Gasteiger partial charge in [0.2, 0.25) is 5.96 Å². The number of carbonyl (C=O) groups excluding carboxylic acids is 2. The molecule has 0 aromatic heterocycles. The lowest BCUT2D eigenvalue weighted by molar-refractivity contribution is -0.890. The number of aliphatic hydroxyl groups is 1. The second-order valence-corrected chi connectivity index (χ2v) is 10.9. The molecule has 0 unspecified atom stereocenters. The summed E-state index contributed by atoms with van der Waals surface area (Å²) in [7, 11) is 5.20. The number of hydrogen-bond donors (Lipinski definition) is 3. The molecule has 10 nitrogen and oxygen atoms in total. The van der Waals surface area contributed by atoms with Gasteiger partial charge in [-0.25, -0.2) is 9.59 Å². The van der Waals surface area contributed by atoms with E-state index in [9.17, 15) is 33.1 Å². The van der Waals surface area contributed by atoms with Gasteiger partial charge >= 0.3 is 18.2 Å². The molecule has 43 heavy (non-hydrogen) atoms. The van der Waals surface area contributed by atoms with E-state index in [1.54, 1.807) is 12.1 Å². The number of aryl methyl sites for hydroxylation is 1. The number of anilines is 1. The number of benzene rings is 2. The molecule has 0 aliphatic carbocycles. The van der Waals surface area contributed by atoms with Crippen LogP contribution in [-0.2, 0) is 22.1 Å². The fourth-order valence-electron chi connectivity index (χ4n) is 5.34. The summed E-state index contributed by atoms with van der Waals surface area (Å²) < 4.78 is 46.3. The molecule has 13 heteroatoms. The molecule has 2 aromatic rings. The Kier molecular flexibility index (Phi) is 10.2. The van der Waals surface area contributed by atoms with E-state index in [0.29, 0.717) is 40.4 Å². The second-order valence-electron chi connectivity index (χ2n) is 10.9. The topological polar surface area (TPSA) is 144 Å². The minimum absolute atomic E-state index is 0.0755. The Morgan fingerprint density at radius 1 is 1.16 bits per heavy atom. The third-order valence-corrected chi connectivity index (χ3v) is 7.47. The zero-order valence-electron chi connectivity index (χ0n) is 24.5. The van der Waals surface area contributed by atoms with Crippen molar-refractivity contribution in [2.24, 2.45) is 5.73 Å². The maximum Gasteiger partial charge on any atom is 0.416 e. The van der Waals surface area contributed by atoms with Crippen LogP contribution < -0.4 is 10.6 Å². The van der Waals surface area contributed by atoms with Crippen LogP contribution in [0.3, 0.4) is 0 Å². The van der Waals surface area contributed by atoms with Crippen molar-refractivity contribution in [3.63, 3.8) is 0 Å². The number of hydrogen-bond acceptors (Lipinski definition) is 6. The lowest BCUT2D eigenvalue weighted by atomic mass is 9.87. The standard InChI is InChI=1S/C30H35F3N6O4/c1-19-25(27(41)43-4)26(24-12-11-20(18-34)16-21(24)8-6-13-39(2,3)14-7-15-40)38(29(36)42)28(35)37(19)23-10-5-9-22(17-23)30(31,32)33/h5,9-12,16-17,26,35,40H,6-8,13-15H2,1-4H3,(H-,36,42)/p+1/t26-/m1/s1. The van der Waals surface area contributed by atoms with E-state index >= 15 is 0 Å². The summed E-state index contributed by atoms with van der Waals surface area (Å²) in [5.74, 6) is -1.42. The van der Waals surface area contributed by atoms with Gasteiger partial charge in [0.05, 0.1) is 57.1 Å². The number of urea groups is 1. The van der Waals surface area contributed by atoms with Crippen LogP contribution in [0.25, 0.3) is 0 Å². The third kappa shape index (κ3) is 7.33. The lowest BCUT2D eigenvalue weighted by Gasteiger charge is -2.43. The molecule has 2 amide bonds. The molecule has 0 saturated carbocycles. The first kappa shape index (κ1) is 33.1. The SMILES string of the molecule is COC(=O)C1=C(C)N(c2cccc(C(F)(F)F)c2)C(=N)N(C(N)=O)[C@@H]1c1ccc(C#N)cc1CCC[N+](C)(C)CCCO. The molecule has 3 rings (SSSR count). The molecule has 0 radical (unpaired) electrons. The van der Waals surface area contributed by atoms with Crippen LogP contribution in [0.4, 0.5) is 23.7 Å². The van der Waals surface area contributed by atoms with Gasteiger partial charge in [0, 0.05) is 30.8 Å². The Morgan fingerprint density at radius 2 is 1.84 bits per heavy atom. The summed E-state index contributed by atoms with van der Waals surface area (Å²) in [5.41, 5.74) is 6.07. The monoisotopic (exact) mass is 601 g/mol. The number of nitriles is 1. The molecule has 1 aliphatic heterocycles. The number of esters is 1. The van der Waals surface area contributed by atoms with E-state index in [-0.39, 0.29) is 23.6 Å². The lowest BCUT2D eigenvalue weighted by Crippen LogP contribution is -2.55. The van der Waals surface area contributed by atoms with Gasteiger partial charge in [-0.1, -0.05) is 12.1 Å². The van der Waals surface area contributed by atoms with Crippen molar-refractivity contribution in [2.75, 3.05) is 45.8 Å². The number of methoxy groups -OCH3 is 1. The predicted molar refractivity (Wildman–Crippen MR) is 154 cm³/mol. The van der Waals surface area contributed by atoms with Crippen molar-refractivity contribution < 1.29 is 37.1 Å². The maximum atomic E-state index is 13.5. The number of carbonyl (C=O) groups is 2. The first-order valence-corrected chi connectivity index (χ1v) is 13.6. The largest absolute Gasteiger partial charge is 0.466 e. The predicted octanol–water partition coefficient (Wildman–Crippen LogP) is 4.29. The van der Waals surface area contributed by atoms with E-state index in [4.69, 9.17) is 15.9 Å². The highest BCUT2D eigenvalue weighted by Gasteiger charge is 2.44. The number of ether oxygens (including phenoxy) is 1. The van der Waals surface area contributed by atoms with Gasteiger partial charge in [-0.3, -0.25) is 15.2 Å². The van der Waals surface area contributed by atoms with E-state index in [1.807, 2.05) is 14.1 Å². The van der Waals surface area contributed by atoms with Crippen LogP contribution in [0.1, 0.15) is 48.1 Å². The molecule has 2 aromatic carbocycles. The van der Waals surface area contributed by atoms with Crippen LogP contribution in [0.15, 0.2) is 53.7 Å². The third-order valence-electron chi connectivity index (χ3n) is 7.47. The first-order valence-electron chi connectivity index (χ1n) is 13.6. The van der Waals surface area contributed by atoms with Gasteiger partial charge in [0.25, 0.3) is 0 Å². The first-order chi connectivity index (χ1) is 20.2. The molecule has 4 N–H and O–H groups in total. The van der Waals surface area contributed by atoms with Crippen molar-refractivity contribution in [1.82, 2.24) is 4.90 Å². The molecule has 1 atom stereocenters. The molecule has 0 fully saturated rings. The number of amides is 2. The Hall–Kier alpha value is -4.41. The molecular weight excluding hydrogens is 565 g/mol. The number of rotatable bonds is 10. The fraction of sp³-hybridized carbons (Fsp3) is 0.400. The fourth-order valence-corrected chi connectivity index (χ4v) is 5.34. The highest BCUT2D eigenvalue weighted by molar-refractivity contribution is 6.10. The minimum Gasteiger partial charge on any atom is -0.466 e. The summed E-state index contributed by atoms with van der Waals surface area (Å²) in [5, 5.41) is 27.7. The van der Waals surface area contributed by atoms with Crippen LogP contribution in [0.5, 0.6) is 0 Å². The number of guanidine groups is 1. The van der Waals surface area contributed by atoms with Gasteiger partial charge in [-0.2, -0.15) is 18.4 Å². The summed E-state index contributed by atoms with van der Waals surface area (Å²) in [6, 6.07) is 8.66. The summed E-state index contributed by atoms with van der Waals surface area (Å²) in [6.07, 6.45) is -2.96. The number of nitrogens with one attached hydrogen (secondary N) is 1. The second kappa shape index (κ2) is 13.3. The average molecular weight is 602 g/mol. The number of alkyl halides is 3. The van der Waals surface area contributed by atoms with Crippen molar-refractivity contribution in [1.29, 1.82) is 10.7 Å². The number of primary amides is 1. The van der Waals surface area contributed by atoms with Crippen molar-refractivity contribution in [3.05, 3.63) is 76.0 Å². The Labute approximate surface area is 248 Å². The molecule has 0 bridgehead atoms. The van der Waals surface area contributed by atoms with Crippen LogP contribution in [0, 0.1) is 16.7 Å². The van der Waals surface area contributed by atoms with E-state index in [0.717, 1.165) is 48.2 Å². The van der Waals surface area contributed by atoms with Gasteiger partial charge < -0.3 is 20.1 Å². The number of halogens is 3.